The Hall–Kier alpha value is -2.34. The summed E-state index contributed by atoms with van der Waals surface area (Å²) in [5, 5.41) is 4.32. The molecule has 2 fully saturated rings. The first kappa shape index (κ1) is 20.0. The predicted octanol–water partition coefficient (Wildman–Crippen LogP) is 3.64. The van der Waals surface area contributed by atoms with Gasteiger partial charge in [0.15, 0.2) is 0 Å². The topological polar surface area (TPSA) is 56.6 Å². The highest BCUT2D eigenvalue weighted by Crippen LogP contribution is 2.53. The number of methoxy groups -OCH3 is 1. The Morgan fingerprint density at radius 1 is 1.28 bits per heavy atom. The maximum absolute atomic E-state index is 12.8. The summed E-state index contributed by atoms with van der Waals surface area (Å²) in [6.45, 7) is 6.01. The smallest absolute Gasteiger partial charge is 0.313 e. The maximum atomic E-state index is 12.8. The van der Waals surface area contributed by atoms with E-state index in [4.69, 9.17) is 9.47 Å². The van der Waals surface area contributed by atoms with Crippen LogP contribution in [0.1, 0.15) is 50.7 Å². The Morgan fingerprint density at radius 3 is 2.83 bits per heavy atom. The molecule has 2 bridgehead atoms. The molecule has 1 aromatic heterocycles. The third-order valence-electron chi connectivity index (χ3n) is 6.79. The van der Waals surface area contributed by atoms with Crippen LogP contribution in [-0.4, -0.2) is 46.5 Å². The normalized spacial score (nSPS) is 26.0. The van der Waals surface area contributed by atoms with Crippen LogP contribution in [0, 0.1) is 5.41 Å². The van der Waals surface area contributed by atoms with E-state index < -0.39 is 0 Å². The molecule has 2 aromatic rings. The van der Waals surface area contributed by atoms with Crippen LogP contribution in [0.4, 0.5) is 0 Å². The van der Waals surface area contributed by atoms with Gasteiger partial charge in [-0.15, -0.1) is 0 Å². The van der Waals surface area contributed by atoms with Gasteiger partial charge in [0.25, 0.3) is 0 Å². The van der Waals surface area contributed by atoms with E-state index in [1.807, 2.05) is 29.9 Å². The van der Waals surface area contributed by atoms with Crippen molar-refractivity contribution in [2.45, 2.75) is 64.7 Å². The van der Waals surface area contributed by atoms with E-state index in [1.165, 1.54) is 12.0 Å². The van der Waals surface area contributed by atoms with Gasteiger partial charge in [-0.05, 0) is 56.4 Å². The summed E-state index contributed by atoms with van der Waals surface area (Å²) in [5.74, 6) is 0.872. The van der Waals surface area contributed by atoms with Crippen molar-refractivity contribution in [2.24, 2.45) is 5.41 Å². The van der Waals surface area contributed by atoms with Crippen molar-refractivity contribution in [1.82, 2.24) is 14.7 Å². The second-order valence-electron chi connectivity index (χ2n) is 8.20. The van der Waals surface area contributed by atoms with Crippen LogP contribution in [0.3, 0.4) is 0 Å². The van der Waals surface area contributed by atoms with Gasteiger partial charge in [0.1, 0.15) is 5.75 Å². The number of esters is 1. The van der Waals surface area contributed by atoms with Gasteiger partial charge < -0.3 is 9.47 Å². The van der Waals surface area contributed by atoms with Gasteiger partial charge in [-0.2, -0.15) is 5.10 Å². The van der Waals surface area contributed by atoms with Gasteiger partial charge >= 0.3 is 5.97 Å². The second-order valence-corrected chi connectivity index (χ2v) is 8.20. The summed E-state index contributed by atoms with van der Waals surface area (Å²) in [6, 6.07) is 9.06. The maximum Gasteiger partial charge on any atom is 0.313 e. The molecule has 0 radical (unpaired) electrons. The van der Waals surface area contributed by atoms with Gasteiger partial charge in [0.05, 0.1) is 25.7 Å². The minimum atomic E-state index is -0.344. The Bertz CT molecular complexity index is 851. The van der Waals surface area contributed by atoms with Crippen LogP contribution in [0.15, 0.2) is 36.7 Å². The van der Waals surface area contributed by atoms with Crippen molar-refractivity contribution in [2.75, 3.05) is 13.7 Å². The summed E-state index contributed by atoms with van der Waals surface area (Å²) in [6.07, 6.45) is 7.76. The van der Waals surface area contributed by atoms with E-state index in [-0.39, 0.29) is 17.4 Å². The Kier molecular flexibility index (Phi) is 5.63. The summed E-state index contributed by atoms with van der Waals surface area (Å²) >= 11 is 0. The van der Waals surface area contributed by atoms with Crippen molar-refractivity contribution in [3.63, 3.8) is 0 Å². The zero-order valence-corrected chi connectivity index (χ0v) is 17.6. The lowest BCUT2D eigenvalue weighted by atomic mass is 9.72. The zero-order valence-electron chi connectivity index (χ0n) is 17.6. The SMILES string of the molecule is CCOC(=O)[C@]1(CC)C[C@@H]2CC[C@H]1N2Cc1ccc(OC)c(Cn2cccn2)c1. The number of carbonyl (C=O) groups is 1. The summed E-state index contributed by atoms with van der Waals surface area (Å²) < 4.78 is 13.0. The average molecular weight is 398 g/mol. The quantitative estimate of drug-likeness (QED) is 0.637. The molecule has 2 saturated heterocycles. The molecule has 0 saturated carbocycles. The molecule has 2 aliphatic rings. The number of nitrogens with zero attached hydrogens (tertiary/aromatic N) is 3. The predicted molar refractivity (Wildman–Crippen MR) is 111 cm³/mol. The summed E-state index contributed by atoms with van der Waals surface area (Å²) in [4.78, 5) is 15.4. The van der Waals surface area contributed by atoms with Gasteiger partial charge in [0, 0.05) is 36.6 Å². The first-order valence-corrected chi connectivity index (χ1v) is 10.7. The van der Waals surface area contributed by atoms with Crippen LogP contribution >= 0.6 is 0 Å². The summed E-state index contributed by atoms with van der Waals surface area (Å²) in [5.41, 5.74) is 2.02. The third-order valence-corrected chi connectivity index (χ3v) is 6.79. The minimum Gasteiger partial charge on any atom is -0.496 e. The van der Waals surface area contributed by atoms with E-state index in [1.54, 1.807) is 13.3 Å². The highest BCUT2D eigenvalue weighted by atomic mass is 16.5. The van der Waals surface area contributed by atoms with E-state index in [0.29, 0.717) is 19.2 Å². The van der Waals surface area contributed by atoms with Crippen molar-refractivity contribution >= 4 is 5.97 Å². The van der Waals surface area contributed by atoms with Crippen LogP contribution in [0.2, 0.25) is 0 Å². The van der Waals surface area contributed by atoms with Crippen LogP contribution in [0.25, 0.3) is 0 Å². The van der Waals surface area contributed by atoms with Gasteiger partial charge in [-0.1, -0.05) is 13.0 Å². The molecule has 6 heteroatoms. The molecule has 156 valence electrons. The highest BCUT2D eigenvalue weighted by molar-refractivity contribution is 5.78. The number of hydrogen-bond acceptors (Lipinski definition) is 5. The van der Waals surface area contributed by atoms with Crippen molar-refractivity contribution in [3.8, 4) is 5.75 Å². The average Bonchev–Trinajstić information content (AvgIpc) is 3.45. The fourth-order valence-electron chi connectivity index (χ4n) is 5.40. The standard InChI is InChI=1S/C23H31N3O3/c1-4-23(22(27)29-5-2)14-19-8-10-21(23)26(19)15-17-7-9-20(28-3)18(13-17)16-25-12-6-11-24-25/h6-7,9,11-13,19,21H,4-5,8,10,14-16H2,1-3H3/t19-,21+,23+/m0/s1. The molecule has 1 aromatic carbocycles. The molecule has 4 rings (SSSR count). The van der Waals surface area contributed by atoms with Crippen LogP contribution in [0.5, 0.6) is 5.75 Å². The van der Waals surface area contributed by atoms with Gasteiger partial charge in [0.2, 0.25) is 0 Å². The molecule has 0 spiro atoms. The zero-order chi connectivity index (χ0) is 20.4. The second kappa shape index (κ2) is 8.19. The van der Waals surface area contributed by atoms with Gasteiger partial charge in [-0.25, -0.2) is 0 Å². The van der Waals surface area contributed by atoms with Gasteiger partial charge in [-0.3, -0.25) is 14.4 Å². The van der Waals surface area contributed by atoms with Crippen LogP contribution in [-0.2, 0) is 22.6 Å². The number of rotatable bonds is 8. The number of ether oxygens (including phenoxy) is 2. The molecule has 0 unspecified atom stereocenters. The first-order valence-electron chi connectivity index (χ1n) is 10.7. The highest BCUT2D eigenvalue weighted by Gasteiger charge is 2.59. The molecule has 0 aliphatic carbocycles. The number of fused-ring (bicyclic) bond motifs is 2. The third kappa shape index (κ3) is 3.54. The molecule has 2 aliphatic heterocycles. The van der Waals surface area contributed by atoms with Crippen LogP contribution < -0.4 is 4.74 Å². The van der Waals surface area contributed by atoms with E-state index in [2.05, 4.69) is 29.1 Å². The molecule has 3 atom stereocenters. The minimum absolute atomic E-state index is 0.00574. The fraction of sp³-hybridized carbons (Fsp3) is 0.565. The first-order chi connectivity index (χ1) is 14.1. The molecular weight excluding hydrogens is 366 g/mol. The van der Waals surface area contributed by atoms with E-state index in [0.717, 1.165) is 37.1 Å². The molecule has 0 N–H and O–H groups in total. The lowest BCUT2D eigenvalue weighted by Gasteiger charge is -2.34. The number of hydrogen-bond donors (Lipinski definition) is 0. The van der Waals surface area contributed by atoms with Crippen molar-refractivity contribution in [1.29, 1.82) is 0 Å². The molecule has 6 nitrogen and oxygen atoms in total. The number of benzene rings is 1. The van der Waals surface area contributed by atoms with Crippen molar-refractivity contribution in [3.05, 3.63) is 47.8 Å². The molecule has 29 heavy (non-hydrogen) atoms. The Balaban J connectivity index is 1.56. The lowest BCUT2D eigenvalue weighted by molar-refractivity contribution is -0.157. The number of carbonyl (C=O) groups excluding carboxylic acids is 1. The Labute approximate surface area is 172 Å². The summed E-state index contributed by atoms with van der Waals surface area (Å²) in [7, 11) is 1.71. The van der Waals surface area contributed by atoms with Crippen molar-refractivity contribution < 1.29 is 14.3 Å². The largest absolute Gasteiger partial charge is 0.496 e. The molecule has 3 heterocycles. The molecule has 0 amide bonds. The molecular formula is C23H31N3O3. The fourth-order valence-corrected chi connectivity index (χ4v) is 5.40. The number of aromatic nitrogens is 2. The lowest BCUT2D eigenvalue weighted by Crippen LogP contribution is -2.43. The van der Waals surface area contributed by atoms with E-state index in [9.17, 15) is 4.79 Å². The monoisotopic (exact) mass is 397 g/mol. The van der Waals surface area contributed by atoms with E-state index >= 15 is 0 Å². The Morgan fingerprint density at radius 2 is 2.14 bits per heavy atom.